The van der Waals surface area contributed by atoms with Crippen LogP contribution in [0.4, 0.5) is 13.2 Å². The Morgan fingerprint density at radius 1 is 0.821 bits per heavy atom. The summed E-state index contributed by atoms with van der Waals surface area (Å²) < 4.78 is 48.0. The molecule has 0 atom stereocenters. The molecule has 192 valence electrons. The van der Waals surface area contributed by atoms with Gasteiger partial charge in [-0.1, -0.05) is 96.2 Å². The average molecular weight is 524 g/mol. The van der Waals surface area contributed by atoms with E-state index in [4.69, 9.17) is 4.52 Å². The topological polar surface area (TPSA) is 65.1 Å². The number of Topliss-reactive ketones (excluding diaryl/α,β-unsaturated/α-hetero) is 1. The number of ketones is 1. The quantitative estimate of drug-likeness (QED) is 0.223. The van der Waals surface area contributed by atoms with Gasteiger partial charge in [0.15, 0.2) is 5.76 Å². The van der Waals surface area contributed by atoms with Crippen LogP contribution < -0.4 is 5.56 Å². The lowest BCUT2D eigenvalue weighted by Crippen LogP contribution is -2.34. The zero-order valence-electron chi connectivity index (χ0n) is 20.3. The maximum absolute atomic E-state index is 13.8. The van der Waals surface area contributed by atoms with Crippen LogP contribution in [0.15, 0.2) is 112 Å². The summed E-state index contributed by atoms with van der Waals surface area (Å²) in [5.41, 5.74) is -0.00561. The van der Waals surface area contributed by atoms with Gasteiger partial charge in [-0.3, -0.25) is 14.2 Å². The van der Waals surface area contributed by atoms with Gasteiger partial charge in [0.25, 0.3) is 11.3 Å². The standard InChI is InChI=1S/C31H19F3N2O3/c32-31(33,34)29(37)28-27(20-10-2-1-3-11-20)24-14-6-7-16-26(24)36(30(28)38)18-21-17-25(35-39-21)23-15-8-12-19-9-4-5-13-22(19)23/h1-17H,18H2. The van der Waals surface area contributed by atoms with Crippen molar-refractivity contribution in [1.82, 2.24) is 9.72 Å². The molecule has 6 aromatic rings. The van der Waals surface area contributed by atoms with Crippen molar-refractivity contribution in [2.75, 3.05) is 0 Å². The number of halogens is 3. The highest BCUT2D eigenvalue weighted by atomic mass is 19.4. The van der Waals surface area contributed by atoms with E-state index in [-0.39, 0.29) is 17.9 Å². The Balaban J connectivity index is 1.54. The molecule has 2 aromatic heterocycles. The number of fused-ring (bicyclic) bond motifs is 2. The molecule has 6 rings (SSSR count). The van der Waals surface area contributed by atoms with E-state index in [2.05, 4.69) is 5.16 Å². The minimum absolute atomic E-state index is 0.0520. The van der Waals surface area contributed by atoms with Crippen LogP contribution >= 0.6 is 0 Å². The van der Waals surface area contributed by atoms with Crippen molar-refractivity contribution in [3.63, 3.8) is 0 Å². The molecular formula is C31H19F3N2O3. The molecule has 0 aliphatic rings. The predicted molar refractivity (Wildman–Crippen MR) is 143 cm³/mol. The fourth-order valence-corrected chi connectivity index (χ4v) is 4.94. The van der Waals surface area contributed by atoms with Crippen LogP contribution in [0, 0.1) is 0 Å². The largest absolute Gasteiger partial charge is 0.455 e. The van der Waals surface area contributed by atoms with E-state index in [0.29, 0.717) is 22.2 Å². The number of hydrogen-bond acceptors (Lipinski definition) is 4. The van der Waals surface area contributed by atoms with E-state index in [1.165, 1.54) is 0 Å². The summed E-state index contributed by atoms with van der Waals surface area (Å²) in [6.45, 7) is -0.218. The summed E-state index contributed by atoms with van der Waals surface area (Å²) in [7, 11) is 0. The van der Waals surface area contributed by atoms with Crippen molar-refractivity contribution < 1.29 is 22.5 Å². The zero-order valence-corrected chi connectivity index (χ0v) is 20.3. The van der Waals surface area contributed by atoms with E-state index in [1.807, 2.05) is 42.5 Å². The normalized spacial score (nSPS) is 11.8. The smallest absolute Gasteiger partial charge is 0.359 e. The van der Waals surface area contributed by atoms with Crippen LogP contribution in [-0.2, 0) is 6.54 Å². The van der Waals surface area contributed by atoms with Crippen LogP contribution in [0.25, 0.3) is 44.1 Å². The summed E-state index contributed by atoms with van der Waals surface area (Å²) in [6, 6.07) is 29.9. The number of carbonyl (C=O) groups excluding carboxylic acids is 1. The van der Waals surface area contributed by atoms with Crippen molar-refractivity contribution in [3.05, 3.63) is 125 Å². The molecule has 0 bridgehead atoms. The number of benzene rings is 4. The fraction of sp³-hybridized carbons (Fsp3) is 0.0645. The van der Waals surface area contributed by atoms with Crippen molar-refractivity contribution in [2.45, 2.75) is 12.7 Å². The minimum Gasteiger partial charge on any atom is -0.359 e. The lowest BCUT2D eigenvalue weighted by Gasteiger charge is -2.18. The predicted octanol–water partition coefficient (Wildman–Crippen LogP) is 7.27. The molecule has 0 spiro atoms. The number of carbonyl (C=O) groups is 1. The Hall–Kier alpha value is -4.98. The van der Waals surface area contributed by atoms with Crippen molar-refractivity contribution >= 4 is 27.5 Å². The second kappa shape index (κ2) is 9.40. The molecule has 0 saturated heterocycles. The van der Waals surface area contributed by atoms with Gasteiger partial charge in [0.1, 0.15) is 11.3 Å². The number of nitrogens with zero attached hydrogens (tertiary/aromatic N) is 2. The first kappa shape index (κ1) is 24.4. The molecule has 0 N–H and O–H groups in total. The van der Waals surface area contributed by atoms with Gasteiger partial charge in [-0.15, -0.1) is 0 Å². The van der Waals surface area contributed by atoms with E-state index in [1.54, 1.807) is 60.7 Å². The first-order valence-electron chi connectivity index (χ1n) is 12.1. The van der Waals surface area contributed by atoms with E-state index in [0.717, 1.165) is 20.9 Å². The van der Waals surface area contributed by atoms with Crippen molar-refractivity contribution in [1.29, 1.82) is 0 Å². The maximum atomic E-state index is 13.8. The molecule has 2 heterocycles. The monoisotopic (exact) mass is 524 g/mol. The van der Waals surface area contributed by atoms with Gasteiger partial charge in [0.2, 0.25) is 0 Å². The van der Waals surface area contributed by atoms with E-state index < -0.39 is 23.1 Å². The second-order valence-corrected chi connectivity index (χ2v) is 9.06. The molecule has 8 heteroatoms. The van der Waals surface area contributed by atoms with Gasteiger partial charge >= 0.3 is 6.18 Å². The van der Waals surface area contributed by atoms with Gasteiger partial charge in [-0.25, -0.2) is 0 Å². The number of aromatic nitrogens is 2. The second-order valence-electron chi connectivity index (χ2n) is 9.06. The van der Waals surface area contributed by atoms with E-state index >= 15 is 0 Å². The van der Waals surface area contributed by atoms with Crippen molar-refractivity contribution in [3.8, 4) is 22.4 Å². The molecule has 0 radical (unpaired) electrons. The van der Waals surface area contributed by atoms with Gasteiger partial charge in [0, 0.05) is 22.6 Å². The Bertz CT molecular complexity index is 1920. The van der Waals surface area contributed by atoms with Gasteiger partial charge in [-0.05, 0) is 22.4 Å². The lowest BCUT2D eigenvalue weighted by atomic mass is 9.93. The molecule has 5 nitrogen and oxygen atoms in total. The fourth-order valence-electron chi connectivity index (χ4n) is 4.94. The highest BCUT2D eigenvalue weighted by Gasteiger charge is 2.43. The number of alkyl halides is 3. The summed E-state index contributed by atoms with van der Waals surface area (Å²) >= 11 is 0. The zero-order chi connectivity index (χ0) is 27.1. The summed E-state index contributed by atoms with van der Waals surface area (Å²) in [4.78, 5) is 26.4. The molecular weight excluding hydrogens is 505 g/mol. The molecule has 0 saturated carbocycles. The van der Waals surface area contributed by atoms with Crippen LogP contribution in [0.3, 0.4) is 0 Å². The molecule has 0 unspecified atom stereocenters. The minimum atomic E-state index is -5.24. The Labute approximate surface area is 219 Å². The maximum Gasteiger partial charge on any atom is 0.455 e. The Kier molecular flexibility index (Phi) is 5.87. The lowest BCUT2D eigenvalue weighted by molar-refractivity contribution is -0.0885. The van der Waals surface area contributed by atoms with Crippen LogP contribution in [-0.4, -0.2) is 21.7 Å². The molecule has 0 aliphatic carbocycles. The van der Waals surface area contributed by atoms with Crippen LogP contribution in [0.5, 0.6) is 0 Å². The average Bonchev–Trinajstić information content (AvgIpc) is 3.42. The van der Waals surface area contributed by atoms with Crippen LogP contribution in [0.2, 0.25) is 0 Å². The molecule has 0 amide bonds. The van der Waals surface area contributed by atoms with Crippen LogP contribution in [0.1, 0.15) is 16.1 Å². The number of pyridine rings is 1. The summed E-state index contributed by atoms with van der Waals surface area (Å²) in [6.07, 6.45) is -5.24. The molecule has 0 fully saturated rings. The van der Waals surface area contributed by atoms with Gasteiger partial charge in [-0.2, -0.15) is 13.2 Å². The third-order valence-electron chi connectivity index (χ3n) is 6.66. The highest BCUT2D eigenvalue weighted by Crippen LogP contribution is 2.34. The number of rotatable bonds is 5. The third-order valence-corrected chi connectivity index (χ3v) is 6.66. The molecule has 0 aliphatic heterocycles. The Morgan fingerprint density at radius 2 is 1.49 bits per heavy atom. The molecule has 4 aromatic carbocycles. The first-order valence-corrected chi connectivity index (χ1v) is 12.1. The summed E-state index contributed by atoms with van der Waals surface area (Å²) in [5, 5.41) is 6.46. The number of hydrogen-bond donors (Lipinski definition) is 0. The molecule has 39 heavy (non-hydrogen) atoms. The SMILES string of the molecule is O=C(c1c(-c2ccccc2)c2ccccc2n(Cc2cc(-c3cccc4ccccc34)no2)c1=O)C(F)(F)F. The third kappa shape index (κ3) is 4.29. The van der Waals surface area contributed by atoms with E-state index in [9.17, 15) is 22.8 Å². The first-order chi connectivity index (χ1) is 18.8. The van der Waals surface area contributed by atoms with Gasteiger partial charge in [0.05, 0.1) is 12.1 Å². The van der Waals surface area contributed by atoms with Crippen molar-refractivity contribution in [2.24, 2.45) is 0 Å². The number of para-hydroxylation sites is 1. The Morgan fingerprint density at radius 3 is 2.26 bits per heavy atom. The summed E-state index contributed by atoms with van der Waals surface area (Å²) in [5.74, 6) is -1.94. The van der Waals surface area contributed by atoms with Gasteiger partial charge < -0.3 is 4.52 Å². The highest BCUT2D eigenvalue weighted by molar-refractivity contribution is 6.11.